The number of fused-ring (bicyclic) bond motifs is 1. The molecule has 0 aliphatic carbocycles. The fourth-order valence-electron chi connectivity index (χ4n) is 4.06. The van der Waals surface area contributed by atoms with Gasteiger partial charge in [0.25, 0.3) is 0 Å². The van der Waals surface area contributed by atoms with Gasteiger partial charge in [0.15, 0.2) is 0 Å². The summed E-state index contributed by atoms with van der Waals surface area (Å²) in [6.07, 6.45) is 4.06. The molecule has 1 amide bonds. The minimum Gasteiger partial charge on any atom is -0.393 e. The van der Waals surface area contributed by atoms with Gasteiger partial charge in [-0.2, -0.15) is 9.98 Å². The first-order valence-corrected chi connectivity index (χ1v) is 12.0. The van der Waals surface area contributed by atoms with Gasteiger partial charge in [-0.3, -0.25) is 4.79 Å². The van der Waals surface area contributed by atoms with Crippen LogP contribution in [0.4, 0.5) is 0 Å². The van der Waals surface area contributed by atoms with Crippen molar-refractivity contribution in [1.82, 2.24) is 19.2 Å². The summed E-state index contributed by atoms with van der Waals surface area (Å²) in [5, 5.41) is 19.5. The molecule has 0 radical (unpaired) electrons. The summed E-state index contributed by atoms with van der Waals surface area (Å²) < 4.78 is 30.9. The van der Waals surface area contributed by atoms with Crippen LogP contribution in [0.15, 0.2) is 53.7 Å². The molecule has 4 rings (SSSR count). The molecule has 1 saturated heterocycles. The maximum atomic E-state index is 13.3. The maximum Gasteiger partial charge on any atom is 0.241 e. The number of nitrogens with zero attached hydrogens (tertiary/aromatic N) is 3. The van der Waals surface area contributed by atoms with Crippen molar-refractivity contribution in [1.29, 1.82) is 5.26 Å². The molecule has 2 aromatic heterocycles. The maximum absolute atomic E-state index is 13.3. The second kappa shape index (κ2) is 9.16. The van der Waals surface area contributed by atoms with Gasteiger partial charge in [-0.1, -0.05) is 6.07 Å². The van der Waals surface area contributed by atoms with Gasteiger partial charge in [0, 0.05) is 42.9 Å². The van der Waals surface area contributed by atoms with Crippen molar-refractivity contribution >= 4 is 26.8 Å². The fraction of sp³-hybridized carbons (Fsp3) is 0.364. The van der Waals surface area contributed by atoms with E-state index in [9.17, 15) is 23.6 Å². The Morgan fingerprint density at radius 1 is 1.25 bits per heavy atom. The molecule has 168 valence electrons. The topological polar surface area (TPSA) is 131 Å². The number of aliphatic hydroxyl groups excluding tert-OH is 1. The first kappa shape index (κ1) is 22.1. The van der Waals surface area contributed by atoms with Crippen LogP contribution in [-0.4, -0.2) is 59.1 Å². The van der Waals surface area contributed by atoms with Crippen LogP contribution in [0.5, 0.6) is 0 Å². The largest absolute Gasteiger partial charge is 0.393 e. The molecule has 3 heterocycles. The van der Waals surface area contributed by atoms with Gasteiger partial charge >= 0.3 is 0 Å². The van der Waals surface area contributed by atoms with Crippen LogP contribution in [0.3, 0.4) is 0 Å². The number of likely N-dealkylation sites (tertiary alicyclic amines) is 1. The number of aliphatic hydroxyl groups is 1. The molecular weight excluding hydrogens is 430 g/mol. The van der Waals surface area contributed by atoms with E-state index in [4.69, 9.17) is 0 Å². The van der Waals surface area contributed by atoms with E-state index in [0.717, 1.165) is 0 Å². The van der Waals surface area contributed by atoms with E-state index >= 15 is 0 Å². The average molecular weight is 456 g/mol. The highest BCUT2D eigenvalue weighted by atomic mass is 32.2. The van der Waals surface area contributed by atoms with E-state index in [1.54, 1.807) is 52.2 Å². The summed E-state index contributed by atoms with van der Waals surface area (Å²) in [7, 11) is -4.00. The van der Waals surface area contributed by atoms with E-state index in [1.165, 1.54) is 6.07 Å². The quantitative estimate of drug-likeness (QED) is 0.498. The molecule has 32 heavy (non-hydrogen) atoms. The molecule has 10 heteroatoms. The van der Waals surface area contributed by atoms with Crippen molar-refractivity contribution in [3.8, 4) is 6.07 Å². The number of hydrogen-bond acceptors (Lipinski definition) is 5. The lowest BCUT2D eigenvalue weighted by Gasteiger charge is -2.32. The number of nitrogens with one attached hydrogen (secondary N) is 2. The van der Waals surface area contributed by atoms with Crippen molar-refractivity contribution in [2.45, 2.75) is 42.8 Å². The Morgan fingerprint density at radius 2 is 2.03 bits per heavy atom. The van der Waals surface area contributed by atoms with Crippen LogP contribution in [0.2, 0.25) is 0 Å². The smallest absolute Gasteiger partial charge is 0.241 e. The van der Waals surface area contributed by atoms with Crippen LogP contribution >= 0.6 is 0 Å². The minimum atomic E-state index is -4.00. The van der Waals surface area contributed by atoms with E-state index in [0.29, 0.717) is 49.1 Å². The predicted octanol–water partition coefficient (Wildman–Crippen LogP) is 1.56. The molecular formula is C22H25N5O4S. The van der Waals surface area contributed by atoms with Gasteiger partial charge < -0.3 is 19.6 Å². The highest BCUT2D eigenvalue weighted by Gasteiger charge is 2.32. The number of nitriles is 1. The monoisotopic (exact) mass is 455 g/mol. The lowest BCUT2D eigenvalue weighted by atomic mass is 10.1. The number of hydrogen-bond donors (Lipinski definition) is 3. The molecule has 3 N–H and O–H groups in total. The summed E-state index contributed by atoms with van der Waals surface area (Å²) in [4.78, 5) is 18.0. The Labute approximate surface area is 186 Å². The number of amides is 1. The first-order valence-electron chi connectivity index (χ1n) is 10.5. The number of H-pyrrole nitrogens is 1. The summed E-state index contributed by atoms with van der Waals surface area (Å²) in [5.41, 5.74) is 1.13. The zero-order valence-electron chi connectivity index (χ0n) is 17.4. The van der Waals surface area contributed by atoms with Crippen LogP contribution in [0.25, 0.3) is 10.9 Å². The number of carbonyl (C=O) groups excluding carboxylic acids is 1. The number of aromatic amines is 1. The van der Waals surface area contributed by atoms with Crippen molar-refractivity contribution < 1.29 is 18.3 Å². The predicted molar refractivity (Wildman–Crippen MR) is 118 cm³/mol. The Kier molecular flexibility index (Phi) is 6.32. The number of aryl methyl sites for hydroxylation is 1. The number of carbonyl (C=O) groups is 1. The molecule has 1 aliphatic heterocycles. The Hall–Kier alpha value is -3.13. The van der Waals surface area contributed by atoms with Crippen LogP contribution in [0.1, 0.15) is 25.0 Å². The second-order valence-electron chi connectivity index (χ2n) is 7.91. The van der Waals surface area contributed by atoms with Gasteiger partial charge in [-0.15, -0.1) is 0 Å². The van der Waals surface area contributed by atoms with Gasteiger partial charge in [0.2, 0.25) is 15.9 Å². The zero-order chi connectivity index (χ0) is 22.7. The van der Waals surface area contributed by atoms with Crippen molar-refractivity contribution in [2.24, 2.45) is 0 Å². The number of benzene rings is 1. The van der Waals surface area contributed by atoms with E-state index in [2.05, 4.69) is 15.8 Å². The first-order chi connectivity index (χ1) is 15.4. The van der Waals surface area contributed by atoms with Gasteiger partial charge in [0.1, 0.15) is 17.8 Å². The summed E-state index contributed by atoms with van der Waals surface area (Å²) >= 11 is 0. The molecule has 1 atom stereocenters. The number of rotatable bonds is 7. The fourth-order valence-corrected chi connectivity index (χ4v) is 5.51. The van der Waals surface area contributed by atoms with E-state index in [-0.39, 0.29) is 17.2 Å². The third kappa shape index (κ3) is 4.55. The minimum absolute atomic E-state index is 0.0989. The number of aromatic nitrogens is 2. The van der Waals surface area contributed by atoms with Gasteiger partial charge in [-0.05, 0) is 49.6 Å². The average Bonchev–Trinajstić information content (AvgIpc) is 3.45. The normalized spacial score (nSPS) is 16.2. The molecule has 1 aromatic carbocycles. The molecule has 0 spiro atoms. The summed E-state index contributed by atoms with van der Waals surface area (Å²) in [5.74, 6) is -0.326. The molecule has 1 fully saturated rings. The van der Waals surface area contributed by atoms with Crippen molar-refractivity contribution in [3.63, 3.8) is 0 Å². The molecule has 9 nitrogen and oxygen atoms in total. The number of sulfonamides is 1. The molecule has 1 unspecified atom stereocenters. The number of piperidine rings is 1. The van der Waals surface area contributed by atoms with Crippen LogP contribution in [-0.2, 0) is 21.4 Å². The molecule has 3 aromatic rings. The van der Waals surface area contributed by atoms with Crippen LogP contribution < -0.4 is 4.72 Å². The molecule has 0 saturated carbocycles. The molecule has 0 bridgehead atoms. The summed E-state index contributed by atoms with van der Waals surface area (Å²) in [6, 6.07) is 11.1. The lowest BCUT2D eigenvalue weighted by molar-refractivity contribution is -0.135. The highest BCUT2D eigenvalue weighted by molar-refractivity contribution is 7.89. The van der Waals surface area contributed by atoms with Crippen molar-refractivity contribution in [3.05, 3.63) is 54.5 Å². The third-order valence-electron chi connectivity index (χ3n) is 5.82. The highest BCUT2D eigenvalue weighted by Crippen LogP contribution is 2.23. The third-order valence-corrected chi connectivity index (χ3v) is 7.35. The summed E-state index contributed by atoms with van der Waals surface area (Å²) in [6.45, 7) is 1.05. The van der Waals surface area contributed by atoms with Gasteiger partial charge in [0.05, 0.1) is 11.0 Å². The Bertz CT molecular complexity index is 1250. The van der Waals surface area contributed by atoms with Crippen molar-refractivity contribution in [2.75, 3.05) is 13.1 Å². The van der Waals surface area contributed by atoms with E-state index in [1.807, 2.05) is 0 Å². The van der Waals surface area contributed by atoms with Gasteiger partial charge in [-0.25, -0.2) is 8.42 Å². The SMILES string of the molecule is N#Cc1cccn1CCC(NS(=O)(=O)c1cccc2[nH]ccc12)C(=O)N1CCC(O)CC1. The Morgan fingerprint density at radius 3 is 2.78 bits per heavy atom. The zero-order valence-corrected chi connectivity index (χ0v) is 18.3. The second-order valence-corrected chi connectivity index (χ2v) is 9.60. The molecule has 1 aliphatic rings. The Balaban J connectivity index is 1.60. The van der Waals surface area contributed by atoms with E-state index < -0.39 is 22.2 Å². The van der Waals surface area contributed by atoms with Crippen LogP contribution in [0, 0.1) is 11.3 Å². The standard InChI is InChI=1S/C22H25N5O4S/c23-15-16-3-2-11-26(16)14-9-20(22(29)27-12-7-17(28)8-13-27)25-32(30,31)21-5-1-4-19-18(21)6-10-24-19/h1-6,10-11,17,20,24-25,28H,7-9,12-14H2. The lowest BCUT2D eigenvalue weighted by Crippen LogP contribution is -2.51.